The summed E-state index contributed by atoms with van der Waals surface area (Å²) in [5.74, 6) is 0.940. The van der Waals surface area contributed by atoms with E-state index in [9.17, 15) is 39.0 Å². The second-order valence-corrected chi connectivity index (χ2v) is 25.3. The molecule has 0 bridgehead atoms. The number of rotatable bonds is 13. The first-order valence-corrected chi connectivity index (χ1v) is 32.8. The maximum atomic E-state index is 13.7. The van der Waals surface area contributed by atoms with Crippen molar-refractivity contribution in [1.29, 1.82) is 0 Å². The third-order valence-corrected chi connectivity index (χ3v) is 19.8. The first-order chi connectivity index (χ1) is 45.4. The maximum Gasteiger partial charge on any atom is 0.416 e. The number of aryl methyl sites for hydroxylation is 3. The van der Waals surface area contributed by atoms with Crippen LogP contribution in [0.5, 0.6) is 17.2 Å². The molecule has 6 aliphatic rings. The highest BCUT2D eigenvalue weighted by Gasteiger charge is 2.48. The molecule has 94 heavy (non-hydrogen) atoms. The van der Waals surface area contributed by atoms with Gasteiger partial charge in [-0.05, 0) is 144 Å². The Labute approximate surface area is 557 Å². The van der Waals surface area contributed by atoms with E-state index in [-0.39, 0.29) is 54.7 Å². The number of aliphatic hydroxyl groups is 2. The van der Waals surface area contributed by atoms with Gasteiger partial charge in [-0.2, -0.15) is 0 Å². The van der Waals surface area contributed by atoms with Gasteiger partial charge in [0.2, 0.25) is 0 Å². The normalized spacial score (nSPS) is 20.3. The van der Waals surface area contributed by atoms with E-state index in [1.54, 1.807) is 99.3 Å². The minimum Gasteiger partial charge on any atom is -0.496 e. The lowest BCUT2D eigenvalue weighted by Crippen LogP contribution is -2.55. The summed E-state index contributed by atoms with van der Waals surface area (Å²) in [6.07, 6.45) is 6.61. The van der Waals surface area contributed by atoms with E-state index < -0.39 is 49.0 Å². The summed E-state index contributed by atoms with van der Waals surface area (Å²) < 4.78 is 38.0. The number of fused-ring (bicyclic) bond motifs is 6. The van der Waals surface area contributed by atoms with Crippen LogP contribution in [0.3, 0.4) is 0 Å². The topological polar surface area (TPSA) is 227 Å². The zero-order chi connectivity index (χ0) is 67.1. The van der Waals surface area contributed by atoms with Crippen molar-refractivity contribution in [1.82, 2.24) is 14.7 Å². The predicted octanol–water partition coefficient (Wildman–Crippen LogP) is 12.1. The molecule has 0 fully saturated rings. The average molecular weight is 1340 g/mol. The van der Waals surface area contributed by atoms with Crippen molar-refractivity contribution in [2.24, 2.45) is 0 Å². The van der Waals surface area contributed by atoms with Gasteiger partial charge < -0.3 is 58.1 Å². The molecule has 24 heteroatoms. The van der Waals surface area contributed by atoms with Gasteiger partial charge >= 0.3 is 18.3 Å². The summed E-state index contributed by atoms with van der Waals surface area (Å²) in [4.78, 5) is 91.9. The maximum absolute atomic E-state index is 13.7. The van der Waals surface area contributed by atoms with E-state index in [2.05, 4.69) is 31.9 Å². The van der Waals surface area contributed by atoms with Crippen molar-refractivity contribution in [3.8, 4) is 17.2 Å². The van der Waals surface area contributed by atoms with Gasteiger partial charge in [0.25, 0.3) is 17.7 Å². The summed E-state index contributed by atoms with van der Waals surface area (Å²) >= 11 is 4.86. The molecule has 3 aromatic heterocycles. The van der Waals surface area contributed by atoms with Gasteiger partial charge in [0.05, 0.1) is 73.2 Å². The molecule has 21 nitrogen and oxygen atoms in total. The number of amides is 6. The van der Waals surface area contributed by atoms with E-state index in [0.29, 0.717) is 78.8 Å². The number of anilines is 3. The lowest BCUT2D eigenvalue weighted by molar-refractivity contribution is 0.0175. The summed E-state index contributed by atoms with van der Waals surface area (Å²) in [6, 6.07) is 20.3. The number of hydrogen-bond donors (Lipinski definition) is 2. The zero-order valence-corrected chi connectivity index (χ0v) is 55.6. The monoisotopic (exact) mass is 1330 g/mol. The van der Waals surface area contributed by atoms with E-state index in [0.717, 1.165) is 52.9 Å². The van der Waals surface area contributed by atoms with Gasteiger partial charge in [0.1, 0.15) is 37.1 Å². The molecule has 6 amide bonds. The van der Waals surface area contributed by atoms with Gasteiger partial charge in [0, 0.05) is 41.4 Å². The van der Waals surface area contributed by atoms with Crippen LogP contribution in [0.25, 0.3) is 16.7 Å². The van der Waals surface area contributed by atoms with Crippen molar-refractivity contribution < 1.29 is 72.1 Å². The fourth-order valence-corrected chi connectivity index (χ4v) is 14.7. The number of methoxy groups -OCH3 is 4. The van der Waals surface area contributed by atoms with Crippen molar-refractivity contribution in [2.45, 2.75) is 76.8 Å². The Bertz CT molecular complexity index is 3930. The van der Waals surface area contributed by atoms with Crippen LogP contribution >= 0.6 is 34.0 Å². The van der Waals surface area contributed by atoms with Gasteiger partial charge in [-0.3, -0.25) is 14.4 Å². The van der Waals surface area contributed by atoms with Crippen LogP contribution in [0, 0.1) is 20.8 Å². The Balaban J connectivity index is 0.000000154. The highest BCUT2D eigenvalue weighted by atomic mass is 32.1. The number of benzene rings is 3. The Hall–Kier alpha value is -9.30. The van der Waals surface area contributed by atoms with Crippen LogP contribution in [0.2, 0.25) is 0 Å². The zero-order valence-electron chi connectivity index (χ0n) is 53.2. The molecule has 0 saturated carbocycles. The van der Waals surface area contributed by atoms with E-state index in [4.69, 9.17) is 33.2 Å². The number of ether oxygens (including phenoxy) is 7. The number of nitrogens with zero attached hydrogens (tertiary/aromatic N) is 6. The van der Waals surface area contributed by atoms with Gasteiger partial charge in [0.15, 0.2) is 18.7 Å². The largest absolute Gasteiger partial charge is 0.496 e. The van der Waals surface area contributed by atoms with E-state index >= 15 is 0 Å². The van der Waals surface area contributed by atoms with Crippen molar-refractivity contribution in [2.75, 3.05) is 82.6 Å². The number of thiophene rings is 3. The van der Waals surface area contributed by atoms with Crippen LogP contribution in [0.4, 0.5) is 31.4 Å². The predicted molar refractivity (Wildman–Crippen MR) is 363 cm³/mol. The van der Waals surface area contributed by atoms with Crippen molar-refractivity contribution in [3.05, 3.63) is 193 Å². The molecule has 3 unspecified atom stereocenters. The molecule has 0 radical (unpaired) electrons. The lowest BCUT2D eigenvalue weighted by Gasteiger charge is -2.40. The first-order valence-electron chi connectivity index (χ1n) is 30.2. The van der Waals surface area contributed by atoms with E-state index in [1.165, 1.54) is 42.2 Å². The second kappa shape index (κ2) is 29.8. The SMILES string of the molecule is C=CCOC(=O)N1c2cc(C)c(OC)cc2C(=O)N2CC=C(c3cccs3)C[C@H]2C1O.C=CCOC(=O)N1c2cc(C)c(OC)cc2C(=O)N2CC=C(c3cccs3)C[C@H]2C1OC.C=CCOC(=O)N1c2cc(C)c(OC)cc2C(=O)N2CCC(c3cccs3)=C[C@H]2C1O. The van der Waals surface area contributed by atoms with Crippen molar-refractivity contribution >= 4 is 104 Å². The number of carbonyl (C=O) groups is 6. The molecule has 9 heterocycles. The Kier molecular flexibility index (Phi) is 21.4. The lowest BCUT2D eigenvalue weighted by atomic mass is 9.97. The van der Waals surface area contributed by atoms with Gasteiger partial charge in [-0.1, -0.05) is 74.4 Å². The second-order valence-electron chi connectivity index (χ2n) is 22.5. The molecular weight excluding hydrogens is 1260 g/mol. The van der Waals surface area contributed by atoms with Crippen molar-refractivity contribution in [3.63, 3.8) is 0 Å². The van der Waals surface area contributed by atoms with Gasteiger partial charge in [-0.15, -0.1) is 34.0 Å². The minimum absolute atomic E-state index is 0.00476. The summed E-state index contributed by atoms with van der Waals surface area (Å²) in [7, 11) is 6.16. The summed E-state index contributed by atoms with van der Waals surface area (Å²) in [6.45, 7) is 17.5. The summed E-state index contributed by atoms with van der Waals surface area (Å²) in [5, 5.41) is 28.7. The molecule has 0 saturated heterocycles. The first kappa shape index (κ1) is 67.6. The Morgan fingerprint density at radius 2 is 0.915 bits per heavy atom. The number of hydrogen-bond acceptors (Lipinski definition) is 18. The fourth-order valence-electron chi connectivity index (χ4n) is 12.4. The molecule has 6 aromatic rings. The van der Waals surface area contributed by atoms with Gasteiger partial charge in [-0.25, -0.2) is 29.1 Å². The molecule has 6 atom stereocenters. The van der Waals surface area contributed by atoms with Crippen LogP contribution in [0.1, 0.15) is 81.7 Å². The molecule has 0 spiro atoms. The fraction of sp³-hybridized carbons (Fsp3) is 0.314. The molecule has 12 rings (SSSR count). The molecule has 6 aliphatic heterocycles. The quantitative estimate of drug-likeness (QED) is 0.0810. The average Bonchev–Trinajstić information content (AvgIpc) is 1.62. The third kappa shape index (κ3) is 13.4. The highest BCUT2D eigenvalue weighted by Crippen LogP contribution is 2.44. The minimum atomic E-state index is -1.31. The standard InChI is InChI=1S/C24H26N2O5S.2C23H24N2O5S/c1-5-10-31-24(28)26-18-12-15(2)20(29-3)14-17(18)22(27)25-9-8-16(21-7-6-11-32-21)13-19(25)23(26)30-4;2*1-4-9-30-23(28)25-17-11-14(2)19(29-3)13-16(17)21(26)24-8-7-15(12-18(24)22(25)27)20-6-5-10-31-20/h5-8,11-12,14,19,23H,1,9-10,13H2,2-4H3;4-6,10-13,18,22,27H,1,7-9H2,2-3H3;4-7,10-11,13,18,22,27H,1,8-9,12H2,2-3H3/t19-,23?;2*18-,22?/m000/s1. The summed E-state index contributed by atoms with van der Waals surface area (Å²) in [5.41, 5.74) is 7.48. The Morgan fingerprint density at radius 3 is 1.32 bits per heavy atom. The number of carbonyl (C=O) groups excluding carboxylic acids is 6. The van der Waals surface area contributed by atoms with Crippen LogP contribution in [-0.4, -0.2) is 166 Å². The van der Waals surface area contributed by atoms with Crippen LogP contribution in [0.15, 0.2) is 145 Å². The molecule has 0 aliphatic carbocycles. The van der Waals surface area contributed by atoms with E-state index in [1.807, 2.05) is 79.4 Å². The Morgan fingerprint density at radius 1 is 0.532 bits per heavy atom. The smallest absolute Gasteiger partial charge is 0.416 e. The molecule has 492 valence electrons. The molecule has 2 N–H and O–H groups in total. The highest BCUT2D eigenvalue weighted by molar-refractivity contribution is 7.11. The third-order valence-electron chi connectivity index (χ3n) is 17.0. The van der Waals surface area contributed by atoms with Crippen LogP contribution in [-0.2, 0) is 18.9 Å². The molecule has 3 aromatic carbocycles. The number of aliphatic hydroxyl groups excluding tert-OH is 2. The van der Waals surface area contributed by atoms with Crippen LogP contribution < -0.4 is 28.9 Å². The molecular formula is C70H74N6O15S3.